The number of Topliss-reactive ketones (excluding diaryl/α,β-unsaturated/α-hetero) is 1. The van der Waals surface area contributed by atoms with Gasteiger partial charge in [0.1, 0.15) is 0 Å². The van der Waals surface area contributed by atoms with Gasteiger partial charge >= 0.3 is 0 Å². The molecule has 0 saturated carbocycles. The van der Waals surface area contributed by atoms with E-state index in [2.05, 4.69) is 15.9 Å². The first kappa shape index (κ1) is 17.7. The molecule has 0 bridgehead atoms. The predicted molar refractivity (Wildman–Crippen MR) is 91.2 cm³/mol. The number of ketones is 1. The Kier molecular flexibility index (Phi) is 6.33. The normalized spacial score (nSPS) is 14.7. The molecular formula is C17H21BrN2O3. The lowest BCUT2D eigenvalue weighted by atomic mass is 10.1. The number of halogens is 1. The molecule has 0 N–H and O–H groups in total. The Morgan fingerprint density at radius 2 is 1.52 bits per heavy atom. The minimum Gasteiger partial charge on any atom is -0.339 e. The molecule has 0 atom stereocenters. The van der Waals surface area contributed by atoms with Gasteiger partial charge in [0.2, 0.25) is 11.8 Å². The molecule has 1 saturated heterocycles. The van der Waals surface area contributed by atoms with Crippen LogP contribution in [0.2, 0.25) is 0 Å². The van der Waals surface area contributed by atoms with Crippen molar-refractivity contribution < 1.29 is 14.4 Å². The van der Waals surface area contributed by atoms with Crippen molar-refractivity contribution in [2.45, 2.75) is 26.2 Å². The Hall–Kier alpha value is -1.69. The molecule has 1 aliphatic heterocycles. The highest BCUT2D eigenvalue weighted by molar-refractivity contribution is 9.10. The van der Waals surface area contributed by atoms with Gasteiger partial charge in [0.05, 0.1) is 0 Å². The molecule has 6 heteroatoms. The van der Waals surface area contributed by atoms with Gasteiger partial charge in [-0.05, 0) is 18.6 Å². The SMILES string of the molecule is CC(=O)N1CCN(C(=O)CCCC(=O)c2ccc(Br)cc2)CC1. The quantitative estimate of drug-likeness (QED) is 0.737. The van der Waals surface area contributed by atoms with E-state index in [4.69, 9.17) is 0 Å². The molecular weight excluding hydrogens is 360 g/mol. The van der Waals surface area contributed by atoms with E-state index in [1.807, 2.05) is 12.1 Å². The maximum atomic E-state index is 12.1. The van der Waals surface area contributed by atoms with Gasteiger partial charge in [-0.3, -0.25) is 14.4 Å². The molecule has 1 aromatic rings. The zero-order valence-electron chi connectivity index (χ0n) is 13.3. The van der Waals surface area contributed by atoms with E-state index in [0.29, 0.717) is 51.0 Å². The topological polar surface area (TPSA) is 57.7 Å². The number of nitrogens with zero attached hydrogens (tertiary/aromatic N) is 2. The van der Waals surface area contributed by atoms with Crippen molar-refractivity contribution in [3.05, 3.63) is 34.3 Å². The first-order valence-electron chi connectivity index (χ1n) is 7.79. The van der Waals surface area contributed by atoms with E-state index >= 15 is 0 Å². The molecule has 1 fully saturated rings. The number of hydrogen-bond acceptors (Lipinski definition) is 3. The number of carbonyl (C=O) groups excluding carboxylic acids is 3. The molecule has 2 rings (SSSR count). The second kappa shape index (κ2) is 8.24. The number of amides is 2. The van der Waals surface area contributed by atoms with Crippen molar-refractivity contribution in [1.82, 2.24) is 9.80 Å². The van der Waals surface area contributed by atoms with Gasteiger partial charge in [-0.25, -0.2) is 0 Å². The van der Waals surface area contributed by atoms with Crippen LogP contribution < -0.4 is 0 Å². The van der Waals surface area contributed by atoms with Crippen LogP contribution in [0.15, 0.2) is 28.7 Å². The summed E-state index contributed by atoms with van der Waals surface area (Å²) in [6.45, 7) is 3.90. The van der Waals surface area contributed by atoms with E-state index in [0.717, 1.165) is 4.47 Å². The van der Waals surface area contributed by atoms with Crippen LogP contribution in [0.25, 0.3) is 0 Å². The molecule has 124 valence electrons. The van der Waals surface area contributed by atoms with Crippen LogP contribution in [-0.4, -0.2) is 53.6 Å². The number of benzene rings is 1. The summed E-state index contributed by atoms with van der Waals surface area (Å²) >= 11 is 3.34. The fourth-order valence-corrected chi connectivity index (χ4v) is 2.87. The fraction of sp³-hybridized carbons (Fsp3) is 0.471. The molecule has 0 aliphatic carbocycles. The van der Waals surface area contributed by atoms with Crippen LogP contribution >= 0.6 is 15.9 Å². The van der Waals surface area contributed by atoms with Crippen LogP contribution in [0.5, 0.6) is 0 Å². The van der Waals surface area contributed by atoms with Gasteiger partial charge in [-0.15, -0.1) is 0 Å². The van der Waals surface area contributed by atoms with E-state index in [-0.39, 0.29) is 17.6 Å². The average molecular weight is 381 g/mol. The first-order valence-corrected chi connectivity index (χ1v) is 8.58. The fourth-order valence-electron chi connectivity index (χ4n) is 2.61. The van der Waals surface area contributed by atoms with Gasteiger partial charge in [0, 0.05) is 56.0 Å². The second-order valence-electron chi connectivity index (χ2n) is 5.67. The predicted octanol–water partition coefficient (Wildman–Crippen LogP) is 2.49. The van der Waals surface area contributed by atoms with Crippen molar-refractivity contribution in [2.75, 3.05) is 26.2 Å². The number of hydrogen-bond donors (Lipinski definition) is 0. The highest BCUT2D eigenvalue weighted by Crippen LogP contribution is 2.14. The largest absolute Gasteiger partial charge is 0.339 e. The molecule has 0 spiro atoms. The summed E-state index contributed by atoms with van der Waals surface area (Å²) in [5.74, 6) is 0.181. The Bertz CT molecular complexity index is 578. The lowest BCUT2D eigenvalue weighted by molar-refractivity contribution is -0.138. The molecule has 0 radical (unpaired) electrons. The van der Waals surface area contributed by atoms with E-state index in [9.17, 15) is 14.4 Å². The number of rotatable bonds is 5. The summed E-state index contributed by atoms with van der Waals surface area (Å²) in [4.78, 5) is 39.0. The molecule has 1 aliphatic rings. The monoisotopic (exact) mass is 380 g/mol. The number of carbonyl (C=O) groups is 3. The Morgan fingerprint density at radius 3 is 2.09 bits per heavy atom. The second-order valence-corrected chi connectivity index (χ2v) is 6.59. The minimum absolute atomic E-state index is 0.0530. The average Bonchev–Trinajstić information content (AvgIpc) is 2.55. The van der Waals surface area contributed by atoms with Crippen molar-refractivity contribution >= 4 is 33.5 Å². The van der Waals surface area contributed by atoms with E-state index < -0.39 is 0 Å². The van der Waals surface area contributed by atoms with Crippen molar-refractivity contribution in [3.8, 4) is 0 Å². The standard InChI is InChI=1S/C17H21BrN2O3/c1-13(21)19-9-11-20(12-10-19)17(23)4-2-3-16(22)14-5-7-15(18)8-6-14/h5-8H,2-4,9-12H2,1H3. The van der Waals surface area contributed by atoms with Crippen LogP contribution in [0.3, 0.4) is 0 Å². The van der Waals surface area contributed by atoms with Crippen molar-refractivity contribution in [1.29, 1.82) is 0 Å². The highest BCUT2D eigenvalue weighted by atomic mass is 79.9. The zero-order valence-corrected chi connectivity index (χ0v) is 14.8. The van der Waals surface area contributed by atoms with Crippen LogP contribution in [0, 0.1) is 0 Å². The molecule has 2 amide bonds. The Morgan fingerprint density at radius 1 is 0.957 bits per heavy atom. The summed E-state index contributed by atoms with van der Waals surface area (Å²) in [5, 5.41) is 0. The summed E-state index contributed by atoms with van der Waals surface area (Å²) in [7, 11) is 0. The molecule has 23 heavy (non-hydrogen) atoms. The van der Waals surface area contributed by atoms with E-state index in [1.54, 1.807) is 28.9 Å². The first-order chi connectivity index (χ1) is 11.0. The third kappa shape index (κ3) is 5.16. The third-order valence-electron chi connectivity index (χ3n) is 4.04. The highest BCUT2D eigenvalue weighted by Gasteiger charge is 2.22. The Balaban J connectivity index is 1.72. The lowest BCUT2D eigenvalue weighted by Gasteiger charge is -2.34. The van der Waals surface area contributed by atoms with Gasteiger partial charge in [0.25, 0.3) is 0 Å². The zero-order chi connectivity index (χ0) is 16.8. The smallest absolute Gasteiger partial charge is 0.222 e. The summed E-state index contributed by atoms with van der Waals surface area (Å²) in [6.07, 6.45) is 1.31. The molecule has 0 unspecified atom stereocenters. The van der Waals surface area contributed by atoms with Crippen molar-refractivity contribution in [3.63, 3.8) is 0 Å². The lowest BCUT2D eigenvalue weighted by Crippen LogP contribution is -2.50. The minimum atomic E-state index is 0.0530. The maximum Gasteiger partial charge on any atom is 0.222 e. The van der Waals surface area contributed by atoms with Crippen LogP contribution in [0.1, 0.15) is 36.5 Å². The summed E-state index contributed by atoms with van der Waals surface area (Å²) < 4.78 is 0.939. The van der Waals surface area contributed by atoms with E-state index in [1.165, 1.54) is 0 Å². The molecule has 5 nitrogen and oxygen atoms in total. The van der Waals surface area contributed by atoms with Crippen LogP contribution in [0.4, 0.5) is 0 Å². The van der Waals surface area contributed by atoms with Crippen LogP contribution in [-0.2, 0) is 9.59 Å². The van der Waals surface area contributed by atoms with Gasteiger partial charge in [0.15, 0.2) is 5.78 Å². The molecule has 1 aromatic carbocycles. The Labute approximate surface area is 144 Å². The van der Waals surface area contributed by atoms with Gasteiger partial charge < -0.3 is 9.80 Å². The maximum absolute atomic E-state index is 12.1. The van der Waals surface area contributed by atoms with Crippen molar-refractivity contribution in [2.24, 2.45) is 0 Å². The number of piperazine rings is 1. The third-order valence-corrected chi connectivity index (χ3v) is 4.57. The van der Waals surface area contributed by atoms with Gasteiger partial charge in [-0.2, -0.15) is 0 Å². The molecule has 1 heterocycles. The molecule has 0 aromatic heterocycles. The summed E-state index contributed by atoms with van der Waals surface area (Å²) in [5.41, 5.74) is 0.677. The summed E-state index contributed by atoms with van der Waals surface area (Å²) in [6, 6.07) is 7.25. The van der Waals surface area contributed by atoms with Gasteiger partial charge in [-0.1, -0.05) is 28.1 Å².